The van der Waals surface area contributed by atoms with Crippen molar-refractivity contribution >= 4 is 5.97 Å². The Bertz CT molecular complexity index is 316. The quantitative estimate of drug-likeness (QED) is 0.768. The van der Waals surface area contributed by atoms with Crippen molar-refractivity contribution in [3.63, 3.8) is 0 Å². The van der Waals surface area contributed by atoms with Crippen LogP contribution in [0.25, 0.3) is 0 Å². The molecule has 0 saturated carbocycles. The van der Waals surface area contributed by atoms with Crippen molar-refractivity contribution < 1.29 is 14.3 Å². The van der Waals surface area contributed by atoms with Crippen LogP contribution in [-0.4, -0.2) is 61.9 Å². The van der Waals surface area contributed by atoms with Gasteiger partial charge in [0.15, 0.2) is 0 Å². The van der Waals surface area contributed by atoms with Crippen LogP contribution in [0.4, 0.5) is 0 Å². The third-order valence-electron chi connectivity index (χ3n) is 4.42. The maximum Gasteiger partial charge on any atom is 0.326 e. The molecule has 0 bridgehead atoms. The molecule has 0 aliphatic carbocycles. The largest absolute Gasteiger partial charge is 0.465 e. The lowest BCUT2D eigenvalue weighted by Crippen LogP contribution is -2.63. The van der Waals surface area contributed by atoms with Crippen molar-refractivity contribution in [2.24, 2.45) is 0 Å². The van der Waals surface area contributed by atoms with E-state index in [1.54, 1.807) is 0 Å². The zero-order valence-corrected chi connectivity index (χ0v) is 12.8. The first-order valence-corrected chi connectivity index (χ1v) is 7.97. The molecule has 5 heteroatoms. The van der Waals surface area contributed by atoms with Crippen molar-refractivity contribution in [2.75, 3.05) is 39.4 Å². The van der Waals surface area contributed by atoms with Crippen molar-refractivity contribution in [3.05, 3.63) is 0 Å². The summed E-state index contributed by atoms with van der Waals surface area (Å²) in [5.41, 5.74) is -0.462. The molecule has 0 aromatic rings. The zero-order chi connectivity index (χ0) is 14.4. The number of nitrogens with one attached hydrogen (secondary N) is 1. The molecule has 2 atom stereocenters. The molecule has 0 aromatic heterocycles. The summed E-state index contributed by atoms with van der Waals surface area (Å²) >= 11 is 0. The smallest absolute Gasteiger partial charge is 0.326 e. The lowest BCUT2D eigenvalue weighted by atomic mass is 9.83. The normalized spacial score (nSPS) is 32.0. The molecular weight excluding hydrogens is 256 g/mol. The standard InChI is InChI=1S/C15H28N2O3/c1-3-5-13-12-15(6-11-20-13,14(18)19-4-2)17-9-7-16-8-10-17/h13,16H,3-12H2,1-2H3. The van der Waals surface area contributed by atoms with Crippen LogP contribution in [0.1, 0.15) is 39.5 Å². The Morgan fingerprint density at radius 3 is 2.80 bits per heavy atom. The highest BCUT2D eigenvalue weighted by Gasteiger charge is 2.49. The summed E-state index contributed by atoms with van der Waals surface area (Å²) < 4.78 is 11.3. The lowest BCUT2D eigenvalue weighted by molar-refractivity contribution is -0.170. The van der Waals surface area contributed by atoms with Crippen LogP contribution in [-0.2, 0) is 14.3 Å². The summed E-state index contributed by atoms with van der Waals surface area (Å²) in [5.74, 6) is -0.0497. The fraction of sp³-hybridized carbons (Fsp3) is 0.933. The van der Waals surface area contributed by atoms with Crippen LogP contribution in [0.5, 0.6) is 0 Å². The van der Waals surface area contributed by atoms with Gasteiger partial charge in [-0.2, -0.15) is 0 Å². The van der Waals surface area contributed by atoms with E-state index < -0.39 is 5.54 Å². The van der Waals surface area contributed by atoms with E-state index >= 15 is 0 Å². The van der Waals surface area contributed by atoms with Gasteiger partial charge in [-0.3, -0.25) is 9.69 Å². The van der Waals surface area contributed by atoms with Crippen LogP contribution in [0.2, 0.25) is 0 Å². The van der Waals surface area contributed by atoms with Crippen LogP contribution in [0.3, 0.4) is 0 Å². The highest BCUT2D eigenvalue weighted by atomic mass is 16.5. The van der Waals surface area contributed by atoms with Gasteiger partial charge in [0.25, 0.3) is 0 Å². The molecule has 2 unspecified atom stereocenters. The summed E-state index contributed by atoms with van der Waals surface area (Å²) in [5, 5.41) is 3.35. The second-order valence-electron chi connectivity index (χ2n) is 5.72. The molecule has 20 heavy (non-hydrogen) atoms. The first-order chi connectivity index (χ1) is 9.73. The number of nitrogens with zero attached hydrogens (tertiary/aromatic N) is 1. The minimum Gasteiger partial charge on any atom is -0.465 e. The van der Waals surface area contributed by atoms with Crippen molar-refractivity contribution in [1.29, 1.82) is 0 Å². The number of ether oxygens (including phenoxy) is 2. The van der Waals surface area contributed by atoms with E-state index in [1.807, 2.05) is 6.92 Å². The molecule has 2 saturated heterocycles. The van der Waals surface area contributed by atoms with Crippen LogP contribution in [0.15, 0.2) is 0 Å². The predicted molar refractivity (Wildman–Crippen MR) is 77.7 cm³/mol. The fourth-order valence-corrected chi connectivity index (χ4v) is 3.40. The van der Waals surface area contributed by atoms with Gasteiger partial charge in [0, 0.05) is 39.2 Å². The highest BCUT2D eigenvalue weighted by Crippen LogP contribution is 2.34. The van der Waals surface area contributed by atoms with Gasteiger partial charge < -0.3 is 14.8 Å². The molecule has 0 aromatic carbocycles. The van der Waals surface area contributed by atoms with E-state index in [0.29, 0.717) is 13.2 Å². The monoisotopic (exact) mass is 284 g/mol. The van der Waals surface area contributed by atoms with E-state index in [9.17, 15) is 4.79 Å². The minimum atomic E-state index is -0.462. The number of hydrogen-bond acceptors (Lipinski definition) is 5. The summed E-state index contributed by atoms with van der Waals surface area (Å²) in [7, 11) is 0. The molecule has 116 valence electrons. The Morgan fingerprint density at radius 2 is 2.15 bits per heavy atom. The first-order valence-electron chi connectivity index (χ1n) is 7.97. The lowest BCUT2D eigenvalue weighted by Gasteiger charge is -2.47. The summed E-state index contributed by atoms with van der Waals surface area (Å²) in [6, 6.07) is 0. The molecular formula is C15H28N2O3. The number of carbonyl (C=O) groups is 1. The maximum atomic E-state index is 12.6. The Morgan fingerprint density at radius 1 is 1.40 bits per heavy atom. The van der Waals surface area contributed by atoms with Crippen molar-refractivity contribution in [2.45, 2.75) is 51.2 Å². The first kappa shape index (κ1) is 15.7. The number of hydrogen-bond donors (Lipinski definition) is 1. The fourth-order valence-electron chi connectivity index (χ4n) is 3.40. The van der Waals surface area contributed by atoms with Gasteiger partial charge in [-0.25, -0.2) is 0 Å². The number of rotatable bonds is 5. The number of esters is 1. The Hall–Kier alpha value is -0.650. The molecule has 2 aliphatic rings. The van der Waals surface area contributed by atoms with E-state index in [2.05, 4.69) is 17.1 Å². The predicted octanol–water partition coefficient (Wildman–Crippen LogP) is 1.17. The SMILES string of the molecule is CCCC1CC(C(=O)OCC)(N2CCNCC2)CCO1. The Kier molecular flexibility index (Phi) is 5.81. The summed E-state index contributed by atoms with van der Waals surface area (Å²) in [4.78, 5) is 15.0. The zero-order valence-electron chi connectivity index (χ0n) is 12.8. The molecule has 2 rings (SSSR count). The molecule has 1 N–H and O–H groups in total. The molecule has 2 heterocycles. The third kappa shape index (κ3) is 3.32. The maximum absolute atomic E-state index is 12.6. The topological polar surface area (TPSA) is 50.8 Å². The van der Waals surface area contributed by atoms with E-state index in [-0.39, 0.29) is 12.1 Å². The average molecular weight is 284 g/mol. The Labute approximate surface area is 122 Å². The van der Waals surface area contributed by atoms with Gasteiger partial charge >= 0.3 is 5.97 Å². The number of carbonyl (C=O) groups excluding carboxylic acids is 1. The van der Waals surface area contributed by atoms with Crippen LogP contribution in [0, 0.1) is 0 Å². The summed E-state index contributed by atoms with van der Waals surface area (Å²) in [6.45, 7) is 8.87. The molecule has 0 amide bonds. The van der Waals surface area contributed by atoms with Crippen molar-refractivity contribution in [3.8, 4) is 0 Å². The van der Waals surface area contributed by atoms with Gasteiger partial charge in [-0.05, 0) is 19.8 Å². The van der Waals surface area contributed by atoms with Gasteiger partial charge in [0.1, 0.15) is 5.54 Å². The average Bonchev–Trinajstić information content (AvgIpc) is 2.49. The van der Waals surface area contributed by atoms with Gasteiger partial charge in [0.05, 0.1) is 12.7 Å². The second kappa shape index (κ2) is 7.38. The molecule has 2 aliphatic heterocycles. The molecule has 5 nitrogen and oxygen atoms in total. The highest BCUT2D eigenvalue weighted by molar-refractivity contribution is 5.81. The molecule has 0 radical (unpaired) electrons. The van der Waals surface area contributed by atoms with Crippen LogP contribution < -0.4 is 5.32 Å². The third-order valence-corrected chi connectivity index (χ3v) is 4.42. The van der Waals surface area contributed by atoms with E-state index in [1.165, 1.54) is 0 Å². The minimum absolute atomic E-state index is 0.0497. The van der Waals surface area contributed by atoms with Gasteiger partial charge in [0.2, 0.25) is 0 Å². The molecule has 0 spiro atoms. The van der Waals surface area contributed by atoms with E-state index in [0.717, 1.165) is 51.9 Å². The van der Waals surface area contributed by atoms with Crippen LogP contribution >= 0.6 is 0 Å². The Balaban J connectivity index is 2.15. The molecule has 2 fully saturated rings. The number of piperazine rings is 1. The van der Waals surface area contributed by atoms with Gasteiger partial charge in [-0.15, -0.1) is 0 Å². The van der Waals surface area contributed by atoms with Gasteiger partial charge in [-0.1, -0.05) is 13.3 Å². The van der Waals surface area contributed by atoms with Crippen molar-refractivity contribution in [1.82, 2.24) is 10.2 Å². The second-order valence-corrected chi connectivity index (χ2v) is 5.72. The summed E-state index contributed by atoms with van der Waals surface area (Å²) in [6.07, 6.45) is 3.83. The van der Waals surface area contributed by atoms with E-state index in [4.69, 9.17) is 9.47 Å².